The molecule has 0 saturated heterocycles. The number of hydrogen-bond acceptors (Lipinski definition) is 2. The first kappa shape index (κ1) is 9.82. The normalized spacial score (nSPS) is 12.3. The van der Waals surface area contributed by atoms with Gasteiger partial charge in [0.15, 0.2) is 0 Å². The molecule has 2 N–H and O–H groups in total. The number of nitrogens with zero attached hydrogens (tertiary/aromatic N) is 1. The van der Waals surface area contributed by atoms with E-state index in [0.717, 1.165) is 25.1 Å². The molecule has 1 aromatic heterocycles. The standard InChI is InChI=1S/C10H15N3/c1-3-5-9(4-2)11-8-10-6-7-12-13-10/h2,6-7,9,11H,3,5,8H2,1H3,(H,12,13). The summed E-state index contributed by atoms with van der Waals surface area (Å²) >= 11 is 0. The third-order valence-electron chi connectivity index (χ3n) is 1.88. The second kappa shape index (κ2) is 5.39. The first-order chi connectivity index (χ1) is 6.36. The van der Waals surface area contributed by atoms with E-state index in [1.54, 1.807) is 6.20 Å². The number of hydrogen-bond donors (Lipinski definition) is 2. The van der Waals surface area contributed by atoms with Gasteiger partial charge in [-0.05, 0) is 12.5 Å². The van der Waals surface area contributed by atoms with Gasteiger partial charge in [-0.1, -0.05) is 19.3 Å². The van der Waals surface area contributed by atoms with Crippen LogP contribution in [0.25, 0.3) is 0 Å². The summed E-state index contributed by atoms with van der Waals surface area (Å²) in [6, 6.07) is 2.11. The molecule has 0 aliphatic carbocycles. The van der Waals surface area contributed by atoms with Crippen molar-refractivity contribution in [3.05, 3.63) is 18.0 Å². The first-order valence-corrected chi connectivity index (χ1v) is 4.54. The Balaban J connectivity index is 2.29. The summed E-state index contributed by atoms with van der Waals surface area (Å²) in [5, 5.41) is 10.00. The third kappa shape index (κ3) is 3.30. The molecule has 0 bridgehead atoms. The molecule has 0 aliphatic rings. The molecule has 1 heterocycles. The van der Waals surface area contributed by atoms with Crippen LogP contribution in [0.3, 0.4) is 0 Å². The lowest BCUT2D eigenvalue weighted by Gasteiger charge is -2.10. The van der Waals surface area contributed by atoms with Crippen LogP contribution in [0.15, 0.2) is 12.3 Å². The van der Waals surface area contributed by atoms with Crippen molar-refractivity contribution in [2.24, 2.45) is 0 Å². The van der Waals surface area contributed by atoms with Gasteiger partial charge in [-0.2, -0.15) is 5.10 Å². The first-order valence-electron chi connectivity index (χ1n) is 4.54. The quantitative estimate of drug-likeness (QED) is 0.666. The minimum Gasteiger partial charge on any atom is -0.298 e. The Morgan fingerprint density at radius 1 is 1.77 bits per heavy atom. The second-order valence-corrected chi connectivity index (χ2v) is 2.97. The predicted molar refractivity (Wildman–Crippen MR) is 53.0 cm³/mol. The van der Waals surface area contributed by atoms with E-state index in [9.17, 15) is 0 Å². The van der Waals surface area contributed by atoms with E-state index < -0.39 is 0 Å². The van der Waals surface area contributed by atoms with Crippen molar-refractivity contribution >= 4 is 0 Å². The summed E-state index contributed by atoms with van der Waals surface area (Å²) in [7, 11) is 0. The van der Waals surface area contributed by atoms with Crippen molar-refractivity contribution < 1.29 is 0 Å². The highest BCUT2D eigenvalue weighted by Crippen LogP contribution is 1.97. The summed E-state index contributed by atoms with van der Waals surface area (Å²) < 4.78 is 0. The highest BCUT2D eigenvalue weighted by molar-refractivity contribution is 5.02. The zero-order valence-electron chi connectivity index (χ0n) is 7.88. The molecule has 0 radical (unpaired) electrons. The zero-order chi connectivity index (χ0) is 9.52. The van der Waals surface area contributed by atoms with Crippen molar-refractivity contribution in [2.75, 3.05) is 0 Å². The van der Waals surface area contributed by atoms with Gasteiger partial charge in [0.05, 0.1) is 6.04 Å². The SMILES string of the molecule is C#CC(CCC)NCc1ccn[nH]1. The van der Waals surface area contributed by atoms with Gasteiger partial charge in [-0.15, -0.1) is 6.42 Å². The van der Waals surface area contributed by atoms with Gasteiger partial charge in [0.2, 0.25) is 0 Å². The summed E-state index contributed by atoms with van der Waals surface area (Å²) in [6.45, 7) is 2.89. The van der Waals surface area contributed by atoms with E-state index in [1.165, 1.54) is 0 Å². The Kier molecular flexibility index (Phi) is 4.07. The van der Waals surface area contributed by atoms with Gasteiger partial charge < -0.3 is 0 Å². The van der Waals surface area contributed by atoms with Gasteiger partial charge in [0.1, 0.15) is 0 Å². The molecule has 1 aromatic rings. The topological polar surface area (TPSA) is 40.7 Å². The highest BCUT2D eigenvalue weighted by atomic mass is 15.1. The maximum absolute atomic E-state index is 5.36. The van der Waals surface area contributed by atoms with Crippen molar-refractivity contribution in [3.63, 3.8) is 0 Å². The smallest absolute Gasteiger partial charge is 0.0689 e. The molecule has 0 aromatic carbocycles. The van der Waals surface area contributed by atoms with Gasteiger partial charge >= 0.3 is 0 Å². The van der Waals surface area contributed by atoms with Crippen molar-refractivity contribution in [1.29, 1.82) is 0 Å². The zero-order valence-corrected chi connectivity index (χ0v) is 7.88. The van der Waals surface area contributed by atoms with Crippen LogP contribution in [0.1, 0.15) is 25.5 Å². The molecule has 3 heteroatoms. The number of aromatic nitrogens is 2. The third-order valence-corrected chi connectivity index (χ3v) is 1.88. The van der Waals surface area contributed by atoms with Gasteiger partial charge in [0, 0.05) is 18.4 Å². The summed E-state index contributed by atoms with van der Waals surface area (Å²) in [5.41, 5.74) is 1.07. The van der Waals surface area contributed by atoms with Crippen LogP contribution >= 0.6 is 0 Å². The molecule has 1 atom stereocenters. The molecule has 0 aliphatic heterocycles. The molecule has 1 unspecified atom stereocenters. The number of terminal acetylenes is 1. The van der Waals surface area contributed by atoms with E-state index in [4.69, 9.17) is 6.42 Å². The number of nitrogens with one attached hydrogen (secondary N) is 2. The lowest BCUT2D eigenvalue weighted by molar-refractivity contribution is 0.557. The van der Waals surface area contributed by atoms with Gasteiger partial charge in [-0.3, -0.25) is 10.4 Å². The van der Waals surface area contributed by atoms with Gasteiger partial charge in [-0.25, -0.2) is 0 Å². The van der Waals surface area contributed by atoms with Crippen LogP contribution in [-0.4, -0.2) is 16.2 Å². The van der Waals surface area contributed by atoms with Crippen LogP contribution in [0.4, 0.5) is 0 Å². The molecule has 3 nitrogen and oxygen atoms in total. The van der Waals surface area contributed by atoms with Crippen molar-refractivity contribution in [3.8, 4) is 12.3 Å². The Bertz CT molecular complexity index is 258. The fourth-order valence-corrected chi connectivity index (χ4v) is 1.15. The molecule has 70 valence electrons. The minimum atomic E-state index is 0.174. The molecule has 0 fully saturated rings. The van der Waals surface area contributed by atoms with Crippen LogP contribution in [0, 0.1) is 12.3 Å². The predicted octanol–water partition coefficient (Wildman–Crippen LogP) is 1.30. The Morgan fingerprint density at radius 2 is 2.62 bits per heavy atom. The number of aromatic amines is 1. The average Bonchev–Trinajstić information content (AvgIpc) is 2.64. The minimum absolute atomic E-state index is 0.174. The molecule has 0 spiro atoms. The van der Waals surface area contributed by atoms with Crippen LogP contribution in [0.2, 0.25) is 0 Å². The number of H-pyrrole nitrogens is 1. The second-order valence-electron chi connectivity index (χ2n) is 2.97. The summed E-state index contributed by atoms with van der Waals surface area (Å²) in [6.07, 6.45) is 9.22. The van der Waals surface area contributed by atoms with Crippen LogP contribution < -0.4 is 5.32 Å². The van der Waals surface area contributed by atoms with Crippen molar-refractivity contribution in [2.45, 2.75) is 32.4 Å². The van der Waals surface area contributed by atoms with Gasteiger partial charge in [0.25, 0.3) is 0 Å². The van der Waals surface area contributed by atoms with E-state index >= 15 is 0 Å². The molecular formula is C10H15N3. The van der Waals surface area contributed by atoms with Crippen LogP contribution in [0.5, 0.6) is 0 Å². The monoisotopic (exact) mass is 177 g/mol. The maximum atomic E-state index is 5.36. The lowest BCUT2D eigenvalue weighted by Crippen LogP contribution is -2.26. The average molecular weight is 177 g/mol. The highest BCUT2D eigenvalue weighted by Gasteiger charge is 2.02. The largest absolute Gasteiger partial charge is 0.298 e. The fourth-order valence-electron chi connectivity index (χ4n) is 1.15. The van der Waals surface area contributed by atoms with E-state index in [1.807, 2.05) is 6.07 Å². The van der Waals surface area contributed by atoms with E-state index in [2.05, 4.69) is 28.4 Å². The summed E-state index contributed by atoms with van der Waals surface area (Å²) in [4.78, 5) is 0. The Morgan fingerprint density at radius 3 is 3.15 bits per heavy atom. The molecule has 0 amide bonds. The molecule has 1 rings (SSSR count). The Hall–Kier alpha value is -1.27. The fraction of sp³-hybridized carbons (Fsp3) is 0.500. The maximum Gasteiger partial charge on any atom is 0.0689 e. The van der Waals surface area contributed by atoms with Crippen LogP contribution in [-0.2, 0) is 6.54 Å². The summed E-state index contributed by atoms with van der Waals surface area (Å²) in [5.74, 6) is 2.72. The molecular weight excluding hydrogens is 162 g/mol. The Labute approximate surface area is 78.9 Å². The number of rotatable bonds is 5. The van der Waals surface area contributed by atoms with E-state index in [0.29, 0.717) is 0 Å². The molecule has 13 heavy (non-hydrogen) atoms. The van der Waals surface area contributed by atoms with Crippen molar-refractivity contribution in [1.82, 2.24) is 15.5 Å². The lowest BCUT2D eigenvalue weighted by atomic mass is 10.2. The van der Waals surface area contributed by atoms with E-state index in [-0.39, 0.29) is 6.04 Å². The molecule has 0 saturated carbocycles.